The van der Waals surface area contributed by atoms with E-state index in [-0.39, 0.29) is 11.2 Å². The lowest BCUT2D eigenvalue weighted by atomic mass is 9.80. The number of thiazole rings is 1. The minimum Gasteiger partial charge on any atom is -0.250 e. The summed E-state index contributed by atoms with van der Waals surface area (Å²) in [6.45, 7) is 2.03. The highest BCUT2D eigenvalue weighted by Crippen LogP contribution is 2.36. The molecular weight excluding hydrogens is 405 g/mol. The number of aryl methyl sites for hydroxylation is 2. The van der Waals surface area contributed by atoms with Gasteiger partial charge < -0.3 is 0 Å². The Morgan fingerprint density at radius 3 is 2.50 bits per heavy atom. The number of alkyl halides is 2. The standard InChI is InChI=1S/C15H16Br2FNS/c1-11-14(20-10-19-11)6-7-15(8-16,9-17)12-4-2-3-5-13(12)18/h2-5,10H,6-9H2,1H3. The molecular formula is C15H16Br2FNS. The van der Waals surface area contributed by atoms with Gasteiger partial charge in [-0.25, -0.2) is 9.37 Å². The smallest absolute Gasteiger partial charge is 0.127 e. The third kappa shape index (κ3) is 3.31. The molecule has 0 atom stereocenters. The van der Waals surface area contributed by atoms with Gasteiger partial charge in [0, 0.05) is 21.0 Å². The molecule has 2 aromatic rings. The Balaban J connectivity index is 2.26. The third-order valence-corrected chi connectivity index (χ3v) is 6.77. The molecule has 5 heteroatoms. The van der Waals surface area contributed by atoms with Crippen molar-refractivity contribution in [1.29, 1.82) is 0 Å². The summed E-state index contributed by atoms with van der Waals surface area (Å²) in [4.78, 5) is 5.57. The van der Waals surface area contributed by atoms with Crippen LogP contribution in [-0.2, 0) is 11.8 Å². The largest absolute Gasteiger partial charge is 0.250 e. The second kappa shape index (κ2) is 7.14. The molecule has 108 valence electrons. The Bertz CT molecular complexity index is 567. The minimum absolute atomic E-state index is 0.132. The average Bonchev–Trinajstić information content (AvgIpc) is 2.87. The second-order valence-corrected chi connectivity index (χ2v) is 6.95. The Labute approximate surface area is 139 Å². The lowest BCUT2D eigenvalue weighted by molar-refractivity contribution is 0.471. The zero-order valence-electron chi connectivity index (χ0n) is 11.2. The number of nitrogens with zero attached hydrogens (tertiary/aromatic N) is 1. The first-order valence-corrected chi connectivity index (χ1v) is 9.51. The van der Waals surface area contributed by atoms with E-state index in [1.807, 2.05) is 24.6 Å². The van der Waals surface area contributed by atoms with Crippen molar-refractivity contribution in [2.24, 2.45) is 0 Å². The number of hydrogen-bond acceptors (Lipinski definition) is 2. The number of halogens is 3. The minimum atomic E-state index is -0.234. The van der Waals surface area contributed by atoms with E-state index in [4.69, 9.17) is 0 Å². The third-order valence-electron chi connectivity index (χ3n) is 3.63. The molecule has 0 aliphatic rings. The molecule has 0 saturated heterocycles. The van der Waals surface area contributed by atoms with Gasteiger partial charge in [0.1, 0.15) is 5.82 Å². The van der Waals surface area contributed by atoms with E-state index in [1.165, 1.54) is 10.9 Å². The van der Waals surface area contributed by atoms with Gasteiger partial charge in [-0.05, 0) is 31.4 Å². The monoisotopic (exact) mass is 419 g/mol. The maximum Gasteiger partial charge on any atom is 0.127 e. The van der Waals surface area contributed by atoms with Crippen LogP contribution in [0, 0.1) is 12.7 Å². The lowest BCUT2D eigenvalue weighted by Gasteiger charge is -2.31. The highest BCUT2D eigenvalue weighted by molar-refractivity contribution is 9.09. The average molecular weight is 421 g/mol. The Hall–Kier alpha value is -0.260. The van der Waals surface area contributed by atoms with Crippen molar-refractivity contribution in [3.8, 4) is 0 Å². The topological polar surface area (TPSA) is 12.9 Å². The van der Waals surface area contributed by atoms with Crippen molar-refractivity contribution in [3.05, 3.63) is 51.7 Å². The van der Waals surface area contributed by atoms with Gasteiger partial charge in [-0.1, -0.05) is 50.1 Å². The van der Waals surface area contributed by atoms with E-state index >= 15 is 0 Å². The van der Waals surface area contributed by atoms with E-state index in [0.29, 0.717) is 0 Å². The molecule has 0 unspecified atom stereocenters. The summed E-state index contributed by atoms with van der Waals surface area (Å²) in [5.74, 6) is -0.132. The summed E-state index contributed by atoms with van der Waals surface area (Å²) in [6, 6.07) is 7.06. The second-order valence-electron chi connectivity index (χ2n) is 4.89. The van der Waals surface area contributed by atoms with Gasteiger partial charge in [-0.2, -0.15) is 0 Å². The fraction of sp³-hybridized carbons (Fsp3) is 0.400. The van der Waals surface area contributed by atoms with Gasteiger partial charge in [0.25, 0.3) is 0 Å². The van der Waals surface area contributed by atoms with Crippen LogP contribution in [0.25, 0.3) is 0 Å². The predicted octanol–water partition coefficient (Wildman–Crippen LogP) is 5.25. The normalized spacial score (nSPS) is 11.8. The predicted molar refractivity (Wildman–Crippen MR) is 90.8 cm³/mol. The van der Waals surface area contributed by atoms with Crippen molar-refractivity contribution in [3.63, 3.8) is 0 Å². The van der Waals surface area contributed by atoms with Gasteiger partial charge in [-0.3, -0.25) is 0 Å². The lowest BCUT2D eigenvalue weighted by Crippen LogP contribution is -2.32. The van der Waals surface area contributed by atoms with Crippen molar-refractivity contribution in [2.45, 2.75) is 25.2 Å². The van der Waals surface area contributed by atoms with Crippen LogP contribution in [0.1, 0.15) is 22.6 Å². The molecule has 2 rings (SSSR count). The fourth-order valence-electron chi connectivity index (χ4n) is 2.26. The van der Waals surface area contributed by atoms with Crippen molar-refractivity contribution in [2.75, 3.05) is 10.7 Å². The van der Waals surface area contributed by atoms with Crippen LogP contribution in [0.3, 0.4) is 0 Å². The van der Waals surface area contributed by atoms with Crippen LogP contribution >= 0.6 is 43.2 Å². The van der Waals surface area contributed by atoms with E-state index in [0.717, 1.165) is 34.8 Å². The summed E-state index contributed by atoms with van der Waals surface area (Å²) >= 11 is 8.83. The zero-order valence-corrected chi connectivity index (χ0v) is 15.2. The Kier molecular flexibility index (Phi) is 5.75. The van der Waals surface area contributed by atoms with E-state index in [9.17, 15) is 4.39 Å². The van der Waals surface area contributed by atoms with Gasteiger partial charge in [0.05, 0.1) is 11.2 Å². The molecule has 20 heavy (non-hydrogen) atoms. The molecule has 1 heterocycles. The summed E-state index contributed by atoms with van der Waals surface area (Å²) in [5.41, 5.74) is 3.50. The maximum absolute atomic E-state index is 14.2. The zero-order chi connectivity index (χ0) is 14.6. The Morgan fingerprint density at radius 2 is 1.95 bits per heavy atom. The van der Waals surface area contributed by atoms with Crippen molar-refractivity contribution >= 4 is 43.2 Å². The van der Waals surface area contributed by atoms with Gasteiger partial charge in [0.2, 0.25) is 0 Å². The van der Waals surface area contributed by atoms with Gasteiger partial charge >= 0.3 is 0 Å². The first-order chi connectivity index (χ1) is 9.63. The Morgan fingerprint density at radius 1 is 1.25 bits per heavy atom. The van der Waals surface area contributed by atoms with Crippen LogP contribution in [0.4, 0.5) is 4.39 Å². The molecule has 1 aromatic carbocycles. The molecule has 0 amide bonds. The molecule has 0 N–H and O–H groups in total. The molecule has 0 bridgehead atoms. The van der Waals surface area contributed by atoms with Crippen LogP contribution in [0.5, 0.6) is 0 Å². The van der Waals surface area contributed by atoms with Crippen LogP contribution in [0.2, 0.25) is 0 Å². The number of benzene rings is 1. The van der Waals surface area contributed by atoms with Gasteiger partial charge in [-0.15, -0.1) is 11.3 Å². The maximum atomic E-state index is 14.2. The van der Waals surface area contributed by atoms with Crippen molar-refractivity contribution in [1.82, 2.24) is 4.98 Å². The summed E-state index contributed by atoms with van der Waals surface area (Å²) in [7, 11) is 0. The first kappa shape index (κ1) is 16.1. The van der Waals surface area contributed by atoms with Crippen LogP contribution < -0.4 is 0 Å². The summed E-state index contributed by atoms with van der Waals surface area (Å²) in [6.07, 6.45) is 1.80. The molecule has 0 fully saturated rings. The van der Waals surface area contributed by atoms with E-state index in [1.54, 1.807) is 17.4 Å². The quantitative estimate of drug-likeness (QED) is 0.581. The summed E-state index contributed by atoms with van der Waals surface area (Å²) < 4.78 is 14.2. The van der Waals surface area contributed by atoms with E-state index < -0.39 is 0 Å². The van der Waals surface area contributed by atoms with E-state index in [2.05, 4.69) is 36.8 Å². The van der Waals surface area contributed by atoms with Gasteiger partial charge in [0.15, 0.2) is 0 Å². The molecule has 0 spiro atoms. The summed E-state index contributed by atoms with van der Waals surface area (Å²) in [5, 5.41) is 1.45. The van der Waals surface area contributed by atoms with Crippen molar-refractivity contribution < 1.29 is 4.39 Å². The highest BCUT2D eigenvalue weighted by atomic mass is 79.9. The molecule has 0 saturated carbocycles. The van der Waals surface area contributed by atoms with Crippen LogP contribution in [0.15, 0.2) is 29.8 Å². The molecule has 1 aromatic heterocycles. The number of aromatic nitrogens is 1. The molecule has 1 nitrogen and oxygen atoms in total. The SMILES string of the molecule is Cc1ncsc1CCC(CBr)(CBr)c1ccccc1F. The molecule has 0 radical (unpaired) electrons. The van der Waals surface area contributed by atoms with Crippen LogP contribution in [-0.4, -0.2) is 15.6 Å². The molecule has 0 aliphatic heterocycles. The highest BCUT2D eigenvalue weighted by Gasteiger charge is 2.32. The number of rotatable bonds is 6. The number of hydrogen-bond donors (Lipinski definition) is 0. The molecule has 0 aliphatic carbocycles. The first-order valence-electron chi connectivity index (χ1n) is 6.39. The fourth-order valence-corrected chi connectivity index (χ4v) is 5.13.